The number of rotatable bonds is 4. The minimum atomic E-state index is -4.91. The lowest BCUT2D eigenvalue weighted by atomic mass is 10.0. The number of benzene rings is 2. The molecule has 2 aromatic rings. The Balaban J connectivity index is 2.25. The maximum Gasteiger partial charge on any atom is 0.471 e. The van der Waals surface area contributed by atoms with Gasteiger partial charge in [0.05, 0.1) is 4.90 Å². The second-order valence-electron chi connectivity index (χ2n) is 5.08. The third kappa shape index (κ3) is 4.22. The molecule has 0 fully saturated rings. The Hall–Kier alpha value is -2.09. The fourth-order valence-electron chi connectivity index (χ4n) is 2.18. The van der Waals surface area contributed by atoms with Gasteiger partial charge in [-0.1, -0.05) is 24.3 Å². The first-order valence-corrected chi connectivity index (χ1v) is 8.55. The lowest BCUT2D eigenvalue weighted by Crippen LogP contribution is -2.37. The van der Waals surface area contributed by atoms with Crippen molar-refractivity contribution in [3.05, 3.63) is 42.0 Å². The van der Waals surface area contributed by atoms with Crippen LogP contribution in [0.25, 0.3) is 10.8 Å². The zero-order valence-electron chi connectivity index (χ0n) is 12.1. The summed E-state index contributed by atoms with van der Waals surface area (Å²) < 4.78 is 59.6. The summed E-state index contributed by atoms with van der Waals surface area (Å²) in [5, 5.41) is 3.21. The standard InChI is InChI=1S/C15H14F3NO3S/c1-23(21,22)12-6-5-10-3-2-4-11(13(10)9-12)7-8-19-14(20)15(16,17)18/h2-6,9H,7-8H2,1H3,(H,19,20). The van der Waals surface area contributed by atoms with E-state index < -0.39 is 21.9 Å². The first-order chi connectivity index (χ1) is 10.6. The monoisotopic (exact) mass is 345 g/mol. The number of carbonyl (C=O) groups excluding carboxylic acids is 1. The lowest BCUT2D eigenvalue weighted by molar-refractivity contribution is -0.173. The molecular weight excluding hydrogens is 331 g/mol. The summed E-state index contributed by atoms with van der Waals surface area (Å²) in [5.74, 6) is -1.99. The van der Waals surface area contributed by atoms with Crippen molar-refractivity contribution >= 4 is 26.5 Å². The highest BCUT2D eigenvalue weighted by atomic mass is 32.2. The van der Waals surface area contributed by atoms with Crippen LogP contribution >= 0.6 is 0 Å². The van der Waals surface area contributed by atoms with Crippen LogP contribution in [0.15, 0.2) is 41.3 Å². The molecule has 0 bridgehead atoms. The summed E-state index contributed by atoms with van der Waals surface area (Å²) in [7, 11) is -3.38. The number of alkyl halides is 3. The number of fused-ring (bicyclic) bond motifs is 1. The van der Waals surface area contributed by atoms with Crippen LogP contribution in [-0.2, 0) is 21.1 Å². The summed E-state index contributed by atoms with van der Waals surface area (Å²) >= 11 is 0. The van der Waals surface area contributed by atoms with Crippen molar-refractivity contribution in [1.29, 1.82) is 0 Å². The van der Waals surface area contributed by atoms with Crippen LogP contribution in [0.5, 0.6) is 0 Å². The van der Waals surface area contributed by atoms with Gasteiger partial charge in [0.2, 0.25) is 0 Å². The van der Waals surface area contributed by atoms with Gasteiger partial charge >= 0.3 is 12.1 Å². The molecule has 0 unspecified atom stereocenters. The molecule has 8 heteroatoms. The minimum absolute atomic E-state index is 0.136. The fraction of sp³-hybridized carbons (Fsp3) is 0.267. The van der Waals surface area contributed by atoms with Crippen molar-refractivity contribution < 1.29 is 26.4 Å². The molecule has 1 amide bonds. The van der Waals surface area contributed by atoms with Gasteiger partial charge in [0.25, 0.3) is 0 Å². The second kappa shape index (κ2) is 6.19. The van der Waals surface area contributed by atoms with E-state index >= 15 is 0 Å². The average molecular weight is 345 g/mol. The van der Waals surface area contributed by atoms with Crippen LogP contribution in [0.2, 0.25) is 0 Å². The second-order valence-corrected chi connectivity index (χ2v) is 7.09. The number of amides is 1. The molecule has 0 atom stereocenters. The third-order valence-corrected chi connectivity index (χ3v) is 4.42. The minimum Gasteiger partial charge on any atom is -0.348 e. The smallest absolute Gasteiger partial charge is 0.348 e. The zero-order valence-corrected chi connectivity index (χ0v) is 13.0. The molecule has 2 rings (SSSR count). The normalized spacial score (nSPS) is 12.3. The largest absolute Gasteiger partial charge is 0.471 e. The number of hydrogen-bond acceptors (Lipinski definition) is 3. The van der Waals surface area contributed by atoms with Crippen molar-refractivity contribution in [2.75, 3.05) is 12.8 Å². The molecule has 2 aromatic carbocycles. The summed E-state index contributed by atoms with van der Waals surface area (Å²) in [6.45, 7) is -0.194. The SMILES string of the molecule is CS(=O)(=O)c1ccc2cccc(CCNC(=O)C(F)(F)F)c2c1. The average Bonchev–Trinajstić information content (AvgIpc) is 2.45. The Labute approximate surface area is 131 Å². The van der Waals surface area contributed by atoms with Crippen molar-refractivity contribution in [3.63, 3.8) is 0 Å². The summed E-state index contributed by atoms with van der Waals surface area (Å²) in [5.41, 5.74) is 0.662. The van der Waals surface area contributed by atoms with Gasteiger partial charge in [0.1, 0.15) is 0 Å². The van der Waals surface area contributed by atoms with Gasteiger partial charge in [-0.25, -0.2) is 8.42 Å². The van der Waals surface area contributed by atoms with Gasteiger partial charge in [-0.15, -0.1) is 0 Å². The molecule has 0 aliphatic carbocycles. The molecule has 4 nitrogen and oxygen atoms in total. The topological polar surface area (TPSA) is 63.2 Å². The maximum atomic E-state index is 12.1. The first kappa shape index (κ1) is 17.3. The van der Waals surface area contributed by atoms with Gasteiger partial charge in [-0.05, 0) is 34.9 Å². The maximum absolute atomic E-state index is 12.1. The number of nitrogens with one attached hydrogen (secondary N) is 1. The number of hydrogen-bond donors (Lipinski definition) is 1. The number of carbonyl (C=O) groups is 1. The van der Waals surface area contributed by atoms with Crippen LogP contribution in [0.1, 0.15) is 5.56 Å². The van der Waals surface area contributed by atoms with Gasteiger partial charge in [0.15, 0.2) is 9.84 Å². The van der Waals surface area contributed by atoms with Gasteiger partial charge < -0.3 is 5.32 Å². The van der Waals surface area contributed by atoms with E-state index in [9.17, 15) is 26.4 Å². The third-order valence-electron chi connectivity index (χ3n) is 3.31. The van der Waals surface area contributed by atoms with Crippen molar-refractivity contribution in [2.24, 2.45) is 0 Å². The van der Waals surface area contributed by atoms with Gasteiger partial charge in [-0.2, -0.15) is 13.2 Å². The van der Waals surface area contributed by atoms with E-state index in [4.69, 9.17) is 0 Å². The number of halogens is 3. The first-order valence-electron chi connectivity index (χ1n) is 6.66. The van der Waals surface area contributed by atoms with E-state index in [0.717, 1.165) is 11.6 Å². The summed E-state index contributed by atoms with van der Waals surface area (Å²) in [6, 6.07) is 9.80. The Morgan fingerprint density at radius 3 is 2.48 bits per heavy atom. The molecule has 0 aliphatic heterocycles. The van der Waals surface area contributed by atoms with Crippen LogP contribution in [0.3, 0.4) is 0 Å². The molecule has 0 heterocycles. The summed E-state index contributed by atoms with van der Waals surface area (Å²) in [4.78, 5) is 10.9. The molecule has 0 aromatic heterocycles. The predicted octanol–water partition coefficient (Wildman–Crippen LogP) is 2.46. The van der Waals surface area contributed by atoms with Gasteiger partial charge in [0, 0.05) is 12.8 Å². The molecule has 23 heavy (non-hydrogen) atoms. The van der Waals surface area contributed by atoms with E-state index in [2.05, 4.69) is 0 Å². The van der Waals surface area contributed by atoms with E-state index in [0.29, 0.717) is 10.9 Å². The van der Waals surface area contributed by atoms with Crippen LogP contribution < -0.4 is 5.32 Å². The Morgan fingerprint density at radius 2 is 1.87 bits per heavy atom. The van der Waals surface area contributed by atoms with E-state index in [1.807, 2.05) is 0 Å². The van der Waals surface area contributed by atoms with Crippen LogP contribution in [-0.4, -0.2) is 33.3 Å². The van der Waals surface area contributed by atoms with Crippen molar-refractivity contribution in [1.82, 2.24) is 5.32 Å². The Kier molecular flexibility index (Phi) is 4.65. The Bertz CT molecular complexity index is 845. The molecule has 0 saturated carbocycles. The molecule has 0 aliphatic rings. The quantitative estimate of drug-likeness (QED) is 0.926. The molecule has 0 radical (unpaired) electrons. The molecule has 0 spiro atoms. The fourth-order valence-corrected chi connectivity index (χ4v) is 2.82. The highest BCUT2D eigenvalue weighted by molar-refractivity contribution is 7.90. The molecule has 1 N–H and O–H groups in total. The number of sulfone groups is 1. The molecular formula is C15H14F3NO3S. The van der Waals surface area contributed by atoms with E-state index in [-0.39, 0.29) is 17.9 Å². The molecule has 124 valence electrons. The highest BCUT2D eigenvalue weighted by Gasteiger charge is 2.38. The molecule has 0 saturated heterocycles. The van der Waals surface area contributed by atoms with E-state index in [1.54, 1.807) is 29.6 Å². The Morgan fingerprint density at radius 1 is 1.17 bits per heavy atom. The summed E-state index contributed by atoms with van der Waals surface area (Å²) in [6.07, 6.45) is -3.67. The van der Waals surface area contributed by atoms with E-state index in [1.165, 1.54) is 12.1 Å². The van der Waals surface area contributed by atoms with Crippen LogP contribution in [0, 0.1) is 0 Å². The van der Waals surface area contributed by atoms with Gasteiger partial charge in [-0.3, -0.25) is 4.79 Å². The lowest BCUT2D eigenvalue weighted by Gasteiger charge is -2.10. The predicted molar refractivity (Wildman–Crippen MR) is 79.8 cm³/mol. The van der Waals surface area contributed by atoms with Crippen molar-refractivity contribution in [2.45, 2.75) is 17.5 Å². The zero-order chi connectivity index (χ0) is 17.3. The van der Waals surface area contributed by atoms with Crippen LogP contribution in [0.4, 0.5) is 13.2 Å². The van der Waals surface area contributed by atoms with Crippen molar-refractivity contribution in [3.8, 4) is 0 Å². The highest BCUT2D eigenvalue weighted by Crippen LogP contribution is 2.23.